The third-order valence-electron chi connectivity index (χ3n) is 3.87. The van der Waals surface area contributed by atoms with E-state index in [1.165, 1.54) is 36.5 Å². The molecule has 2 aromatic carbocycles. The van der Waals surface area contributed by atoms with Crippen LogP contribution in [0.15, 0.2) is 40.9 Å². The Morgan fingerprint density at radius 3 is 2.67 bits per heavy atom. The molecule has 1 fully saturated rings. The summed E-state index contributed by atoms with van der Waals surface area (Å²) in [6.07, 6.45) is 6.37. The van der Waals surface area contributed by atoms with Crippen LogP contribution in [-0.2, 0) is 0 Å². The minimum Gasteiger partial charge on any atom is -0.494 e. The molecule has 0 bridgehead atoms. The lowest BCUT2D eigenvalue weighted by Gasteiger charge is -2.08. The maximum absolute atomic E-state index is 5.85. The van der Waals surface area contributed by atoms with Crippen LogP contribution in [0.25, 0.3) is 10.8 Å². The van der Waals surface area contributed by atoms with E-state index in [2.05, 4.69) is 57.6 Å². The second-order valence-electron chi connectivity index (χ2n) is 5.79. The largest absolute Gasteiger partial charge is 0.494 e. The molecule has 0 spiro atoms. The molecule has 3 heteroatoms. The standard InChI is InChI=1S/C18H22BrNO/c19-16-6-4-15-13-18(9-5-14(15)12-16)21-11-3-1-2-10-20-17-7-8-17/h4-6,9,12-13,17,20H,1-3,7-8,10-11H2. The van der Waals surface area contributed by atoms with Crippen LogP contribution in [0.2, 0.25) is 0 Å². The molecule has 21 heavy (non-hydrogen) atoms. The van der Waals surface area contributed by atoms with E-state index in [1.807, 2.05) is 0 Å². The molecular weight excluding hydrogens is 326 g/mol. The van der Waals surface area contributed by atoms with Gasteiger partial charge in [-0.1, -0.05) is 28.1 Å². The zero-order valence-corrected chi connectivity index (χ0v) is 13.9. The van der Waals surface area contributed by atoms with Crippen LogP contribution in [0, 0.1) is 0 Å². The van der Waals surface area contributed by atoms with Gasteiger partial charge in [0.15, 0.2) is 0 Å². The highest BCUT2D eigenvalue weighted by Gasteiger charge is 2.19. The molecule has 0 amide bonds. The van der Waals surface area contributed by atoms with E-state index < -0.39 is 0 Å². The number of benzene rings is 2. The molecule has 0 aliphatic heterocycles. The van der Waals surface area contributed by atoms with Gasteiger partial charge in [-0.3, -0.25) is 0 Å². The highest BCUT2D eigenvalue weighted by atomic mass is 79.9. The molecule has 0 saturated heterocycles. The summed E-state index contributed by atoms with van der Waals surface area (Å²) in [5, 5.41) is 6.01. The number of unbranched alkanes of at least 4 members (excludes halogenated alkanes) is 2. The Hall–Kier alpha value is -1.06. The van der Waals surface area contributed by atoms with Crippen molar-refractivity contribution >= 4 is 26.7 Å². The maximum atomic E-state index is 5.85. The number of nitrogens with one attached hydrogen (secondary N) is 1. The summed E-state index contributed by atoms with van der Waals surface area (Å²) in [5.41, 5.74) is 0. The molecule has 1 saturated carbocycles. The Balaban J connectivity index is 1.39. The first-order valence-corrected chi connectivity index (χ1v) is 8.66. The topological polar surface area (TPSA) is 21.3 Å². The first kappa shape index (κ1) is 14.9. The number of hydrogen-bond donors (Lipinski definition) is 1. The lowest BCUT2D eigenvalue weighted by Crippen LogP contribution is -2.17. The average Bonchev–Trinajstić information content (AvgIpc) is 3.30. The van der Waals surface area contributed by atoms with E-state index >= 15 is 0 Å². The molecule has 0 atom stereocenters. The van der Waals surface area contributed by atoms with Crippen LogP contribution in [0.1, 0.15) is 32.1 Å². The van der Waals surface area contributed by atoms with Gasteiger partial charge in [0.1, 0.15) is 5.75 Å². The number of rotatable bonds is 8. The van der Waals surface area contributed by atoms with Crippen molar-refractivity contribution in [1.29, 1.82) is 0 Å². The average molecular weight is 348 g/mol. The van der Waals surface area contributed by atoms with Gasteiger partial charge >= 0.3 is 0 Å². The Labute approximate surface area is 135 Å². The summed E-state index contributed by atoms with van der Waals surface area (Å²) >= 11 is 3.50. The van der Waals surface area contributed by atoms with Gasteiger partial charge in [0, 0.05) is 10.5 Å². The van der Waals surface area contributed by atoms with Gasteiger partial charge in [0.05, 0.1) is 6.61 Å². The molecule has 3 rings (SSSR count). The zero-order valence-electron chi connectivity index (χ0n) is 12.3. The minimum absolute atomic E-state index is 0.811. The monoisotopic (exact) mass is 347 g/mol. The fourth-order valence-electron chi connectivity index (χ4n) is 2.47. The van der Waals surface area contributed by atoms with E-state index in [-0.39, 0.29) is 0 Å². The molecule has 0 heterocycles. The van der Waals surface area contributed by atoms with Crippen LogP contribution < -0.4 is 10.1 Å². The molecular formula is C18H22BrNO. The van der Waals surface area contributed by atoms with Crippen molar-refractivity contribution in [1.82, 2.24) is 5.32 Å². The molecule has 0 aromatic heterocycles. The van der Waals surface area contributed by atoms with Crippen molar-refractivity contribution in [3.8, 4) is 5.75 Å². The van der Waals surface area contributed by atoms with Crippen molar-refractivity contribution in [3.05, 3.63) is 40.9 Å². The second kappa shape index (κ2) is 7.28. The number of halogens is 1. The highest BCUT2D eigenvalue weighted by molar-refractivity contribution is 9.10. The Morgan fingerprint density at radius 1 is 1.00 bits per heavy atom. The molecule has 0 radical (unpaired) electrons. The van der Waals surface area contributed by atoms with Gasteiger partial charge in [-0.05, 0) is 73.7 Å². The summed E-state index contributed by atoms with van der Waals surface area (Å²) < 4.78 is 6.97. The third kappa shape index (κ3) is 4.72. The lowest BCUT2D eigenvalue weighted by atomic mass is 10.1. The van der Waals surface area contributed by atoms with Gasteiger partial charge in [0.2, 0.25) is 0 Å². The van der Waals surface area contributed by atoms with E-state index in [9.17, 15) is 0 Å². The van der Waals surface area contributed by atoms with Crippen molar-refractivity contribution < 1.29 is 4.74 Å². The fourth-order valence-corrected chi connectivity index (χ4v) is 2.85. The number of fused-ring (bicyclic) bond motifs is 1. The molecule has 2 aromatic rings. The molecule has 1 aliphatic rings. The van der Waals surface area contributed by atoms with Gasteiger partial charge < -0.3 is 10.1 Å². The lowest BCUT2D eigenvalue weighted by molar-refractivity contribution is 0.305. The predicted molar refractivity (Wildman–Crippen MR) is 92.0 cm³/mol. The van der Waals surface area contributed by atoms with Crippen molar-refractivity contribution in [2.45, 2.75) is 38.1 Å². The SMILES string of the molecule is Brc1ccc2cc(OCCCCCNC3CC3)ccc2c1. The van der Waals surface area contributed by atoms with Crippen LogP contribution >= 0.6 is 15.9 Å². The van der Waals surface area contributed by atoms with Gasteiger partial charge in [-0.2, -0.15) is 0 Å². The van der Waals surface area contributed by atoms with Crippen molar-refractivity contribution in [3.63, 3.8) is 0 Å². The normalized spacial score (nSPS) is 14.5. The summed E-state index contributed by atoms with van der Waals surface area (Å²) in [6.45, 7) is 1.97. The molecule has 1 aliphatic carbocycles. The number of hydrogen-bond acceptors (Lipinski definition) is 2. The summed E-state index contributed by atoms with van der Waals surface area (Å²) in [7, 11) is 0. The first-order valence-electron chi connectivity index (χ1n) is 7.87. The van der Waals surface area contributed by atoms with E-state index in [1.54, 1.807) is 0 Å². The Kier molecular flexibility index (Phi) is 5.15. The zero-order chi connectivity index (χ0) is 14.5. The van der Waals surface area contributed by atoms with E-state index in [0.717, 1.165) is 35.8 Å². The smallest absolute Gasteiger partial charge is 0.119 e. The molecule has 112 valence electrons. The maximum Gasteiger partial charge on any atom is 0.119 e. The number of ether oxygens (including phenoxy) is 1. The second-order valence-corrected chi connectivity index (χ2v) is 6.71. The minimum atomic E-state index is 0.811. The van der Waals surface area contributed by atoms with Crippen LogP contribution in [0.3, 0.4) is 0 Å². The van der Waals surface area contributed by atoms with Gasteiger partial charge in [-0.15, -0.1) is 0 Å². The van der Waals surface area contributed by atoms with E-state index in [0.29, 0.717) is 0 Å². The van der Waals surface area contributed by atoms with Crippen LogP contribution in [-0.4, -0.2) is 19.2 Å². The highest BCUT2D eigenvalue weighted by Crippen LogP contribution is 2.24. The molecule has 2 nitrogen and oxygen atoms in total. The Bertz CT molecular complexity index is 595. The predicted octanol–water partition coefficient (Wildman–Crippen LogP) is 4.90. The van der Waals surface area contributed by atoms with Crippen LogP contribution in [0.5, 0.6) is 5.75 Å². The van der Waals surface area contributed by atoms with Crippen LogP contribution in [0.4, 0.5) is 0 Å². The Morgan fingerprint density at radius 2 is 1.81 bits per heavy atom. The van der Waals surface area contributed by atoms with Gasteiger partial charge in [-0.25, -0.2) is 0 Å². The summed E-state index contributed by atoms with van der Waals surface area (Å²) in [6, 6.07) is 13.5. The summed E-state index contributed by atoms with van der Waals surface area (Å²) in [4.78, 5) is 0. The van der Waals surface area contributed by atoms with Gasteiger partial charge in [0.25, 0.3) is 0 Å². The van der Waals surface area contributed by atoms with Crippen molar-refractivity contribution in [2.24, 2.45) is 0 Å². The first-order chi connectivity index (χ1) is 10.3. The quantitative estimate of drug-likeness (QED) is 0.685. The van der Waals surface area contributed by atoms with Crippen molar-refractivity contribution in [2.75, 3.05) is 13.2 Å². The van der Waals surface area contributed by atoms with E-state index in [4.69, 9.17) is 4.74 Å². The summed E-state index contributed by atoms with van der Waals surface area (Å²) in [5.74, 6) is 0.973. The fraction of sp³-hybridized carbons (Fsp3) is 0.444. The molecule has 1 N–H and O–H groups in total. The third-order valence-corrected chi connectivity index (χ3v) is 4.37. The molecule has 0 unspecified atom stereocenters.